The maximum absolute atomic E-state index is 12.5. The highest BCUT2D eigenvalue weighted by Gasteiger charge is 2.30. The molecule has 0 bridgehead atoms. The second-order valence-electron chi connectivity index (χ2n) is 3.86. The molecular formula is C11H14F3N3O2. The summed E-state index contributed by atoms with van der Waals surface area (Å²) in [5.41, 5.74) is -0.879. The maximum Gasteiger partial charge on any atom is 0.416 e. The molecule has 0 spiro atoms. The van der Waals surface area contributed by atoms with Gasteiger partial charge in [-0.1, -0.05) is 0 Å². The van der Waals surface area contributed by atoms with E-state index in [0.29, 0.717) is 13.0 Å². The number of nitrogens with one attached hydrogen (secondary N) is 1. The second kappa shape index (κ2) is 6.37. The average Bonchev–Trinajstić information content (AvgIpc) is 2.35. The van der Waals surface area contributed by atoms with E-state index in [4.69, 9.17) is 5.11 Å². The Kier molecular flexibility index (Phi) is 5.11. The van der Waals surface area contributed by atoms with E-state index in [1.165, 1.54) is 11.9 Å². The molecule has 0 aliphatic carbocycles. The van der Waals surface area contributed by atoms with Crippen LogP contribution in [0.3, 0.4) is 0 Å². The number of hydrogen-bond acceptors (Lipinski definition) is 3. The Labute approximate surface area is 108 Å². The van der Waals surface area contributed by atoms with Gasteiger partial charge >= 0.3 is 12.2 Å². The quantitative estimate of drug-likeness (QED) is 0.884. The molecule has 0 fully saturated rings. The van der Waals surface area contributed by atoms with E-state index in [1.54, 1.807) is 0 Å². The van der Waals surface area contributed by atoms with E-state index in [9.17, 15) is 18.0 Å². The molecule has 0 saturated carbocycles. The molecule has 1 aromatic heterocycles. The third kappa shape index (κ3) is 4.74. The lowest BCUT2D eigenvalue weighted by Gasteiger charge is -2.17. The monoisotopic (exact) mass is 277 g/mol. The molecular weight excluding hydrogens is 263 g/mol. The minimum Gasteiger partial charge on any atom is -0.396 e. The number of urea groups is 1. The number of halogens is 3. The molecule has 106 valence electrons. The number of aliphatic hydroxyl groups excluding tert-OH is 1. The summed E-state index contributed by atoms with van der Waals surface area (Å²) in [7, 11) is 1.47. The predicted molar refractivity (Wildman–Crippen MR) is 62.6 cm³/mol. The summed E-state index contributed by atoms with van der Waals surface area (Å²) in [6.45, 7) is 0.223. The lowest BCUT2D eigenvalue weighted by molar-refractivity contribution is -0.137. The van der Waals surface area contributed by atoms with Crippen molar-refractivity contribution in [3.8, 4) is 0 Å². The second-order valence-corrected chi connectivity index (χ2v) is 3.86. The molecule has 0 unspecified atom stereocenters. The van der Waals surface area contributed by atoms with Crippen molar-refractivity contribution in [2.24, 2.45) is 0 Å². The Balaban J connectivity index is 2.69. The first-order chi connectivity index (χ1) is 8.84. The molecule has 5 nitrogen and oxygen atoms in total. The van der Waals surface area contributed by atoms with Gasteiger partial charge < -0.3 is 10.0 Å². The van der Waals surface area contributed by atoms with E-state index >= 15 is 0 Å². The van der Waals surface area contributed by atoms with Crippen molar-refractivity contribution < 1.29 is 23.1 Å². The Morgan fingerprint density at radius 3 is 2.79 bits per heavy atom. The summed E-state index contributed by atoms with van der Waals surface area (Å²) < 4.78 is 37.4. The van der Waals surface area contributed by atoms with Gasteiger partial charge in [0.1, 0.15) is 5.82 Å². The van der Waals surface area contributed by atoms with Crippen molar-refractivity contribution in [2.75, 3.05) is 25.5 Å². The molecule has 2 amide bonds. The van der Waals surface area contributed by atoms with Crippen LogP contribution < -0.4 is 5.32 Å². The molecule has 0 radical (unpaired) electrons. The number of aliphatic hydroxyl groups is 1. The van der Waals surface area contributed by atoms with Crippen molar-refractivity contribution in [3.05, 3.63) is 23.9 Å². The molecule has 0 saturated heterocycles. The third-order valence-electron chi connectivity index (χ3n) is 2.32. The van der Waals surface area contributed by atoms with E-state index < -0.39 is 17.8 Å². The van der Waals surface area contributed by atoms with Gasteiger partial charge in [0.15, 0.2) is 0 Å². The van der Waals surface area contributed by atoms with Crippen LogP contribution >= 0.6 is 0 Å². The van der Waals surface area contributed by atoms with E-state index in [-0.39, 0.29) is 12.4 Å². The van der Waals surface area contributed by atoms with Gasteiger partial charge in [0.25, 0.3) is 0 Å². The predicted octanol–water partition coefficient (Wildman–Crippen LogP) is 1.95. The normalized spacial score (nSPS) is 11.2. The number of amides is 2. The van der Waals surface area contributed by atoms with Crippen molar-refractivity contribution in [1.82, 2.24) is 9.88 Å². The number of nitrogens with zero attached hydrogens (tertiary/aromatic N) is 2. The Bertz CT molecular complexity index is 437. The Morgan fingerprint density at radius 1 is 1.53 bits per heavy atom. The van der Waals surface area contributed by atoms with Gasteiger partial charge in [0.2, 0.25) is 0 Å². The topological polar surface area (TPSA) is 65.5 Å². The average molecular weight is 277 g/mol. The highest BCUT2D eigenvalue weighted by atomic mass is 19.4. The number of carbonyl (C=O) groups excluding carboxylic acids is 1. The zero-order chi connectivity index (χ0) is 14.5. The third-order valence-corrected chi connectivity index (χ3v) is 2.32. The summed E-state index contributed by atoms with van der Waals surface area (Å²) in [6, 6.07) is 1.00. The van der Waals surface area contributed by atoms with Crippen LogP contribution in [0.15, 0.2) is 18.3 Å². The van der Waals surface area contributed by atoms with E-state index in [0.717, 1.165) is 18.3 Å². The fraction of sp³-hybridized carbons (Fsp3) is 0.455. The van der Waals surface area contributed by atoms with E-state index in [2.05, 4.69) is 10.3 Å². The number of hydrogen-bond donors (Lipinski definition) is 2. The molecule has 8 heteroatoms. The maximum atomic E-state index is 12.5. The van der Waals surface area contributed by atoms with Crippen LogP contribution in [0.5, 0.6) is 0 Å². The summed E-state index contributed by atoms with van der Waals surface area (Å²) in [4.78, 5) is 16.5. The summed E-state index contributed by atoms with van der Waals surface area (Å²) in [5.74, 6) is -0.171. The summed E-state index contributed by atoms with van der Waals surface area (Å²) in [6.07, 6.45) is -3.11. The van der Waals surface area contributed by atoms with Gasteiger partial charge in [-0.2, -0.15) is 13.2 Å². The first-order valence-electron chi connectivity index (χ1n) is 5.51. The van der Waals surface area contributed by atoms with E-state index in [1.807, 2.05) is 0 Å². The molecule has 19 heavy (non-hydrogen) atoms. The standard InChI is InChI=1S/C11H14F3N3O2/c1-17(5-2-6-18)10(19)16-9-7-8(3-4-15-9)11(12,13)14/h3-4,7,18H,2,5-6H2,1H3,(H,15,16,19). The van der Waals surface area contributed by atoms with Crippen LogP contribution in [-0.2, 0) is 6.18 Å². The van der Waals surface area contributed by atoms with Crippen LogP contribution in [-0.4, -0.2) is 41.2 Å². The SMILES string of the molecule is CN(CCCO)C(=O)Nc1cc(C(F)(F)F)ccn1. The minimum absolute atomic E-state index is 0.0700. The molecule has 2 N–H and O–H groups in total. The molecule has 0 aromatic carbocycles. The fourth-order valence-corrected chi connectivity index (χ4v) is 1.29. The molecule has 0 aliphatic heterocycles. The summed E-state index contributed by atoms with van der Waals surface area (Å²) >= 11 is 0. The first-order valence-corrected chi connectivity index (χ1v) is 5.51. The van der Waals surface area contributed by atoms with Gasteiger partial charge in [-0.05, 0) is 18.6 Å². The lowest BCUT2D eigenvalue weighted by Crippen LogP contribution is -2.32. The van der Waals surface area contributed by atoms with Gasteiger partial charge in [-0.15, -0.1) is 0 Å². The van der Waals surface area contributed by atoms with Gasteiger partial charge in [-0.25, -0.2) is 9.78 Å². The van der Waals surface area contributed by atoms with Crippen LogP contribution in [0.1, 0.15) is 12.0 Å². The van der Waals surface area contributed by atoms with Crippen molar-refractivity contribution >= 4 is 11.8 Å². The first kappa shape index (κ1) is 15.2. The van der Waals surface area contributed by atoms with Gasteiger partial charge in [-0.3, -0.25) is 5.32 Å². The van der Waals surface area contributed by atoms with Crippen LogP contribution in [0.25, 0.3) is 0 Å². The largest absolute Gasteiger partial charge is 0.416 e. The van der Waals surface area contributed by atoms with Gasteiger partial charge in [0.05, 0.1) is 5.56 Å². The highest BCUT2D eigenvalue weighted by molar-refractivity contribution is 5.88. The number of alkyl halides is 3. The fourth-order valence-electron chi connectivity index (χ4n) is 1.29. The Morgan fingerprint density at radius 2 is 2.21 bits per heavy atom. The molecule has 0 atom stereocenters. The number of anilines is 1. The van der Waals surface area contributed by atoms with Crippen molar-refractivity contribution in [2.45, 2.75) is 12.6 Å². The number of aromatic nitrogens is 1. The number of rotatable bonds is 4. The minimum atomic E-state index is -4.48. The number of carbonyl (C=O) groups is 1. The molecule has 1 rings (SSSR count). The molecule has 0 aliphatic rings. The number of pyridine rings is 1. The molecule has 1 heterocycles. The smallest absolute Gasteiger partial charge is 0.396 e. The van der Waals surface area contributed by atoms with Gasteiger partial charge in [0, 0.05) is 26.4 Å². The van der Waals surface area contributed by atoms with Crippen LogP contribution in [0, 0.1) is 0 Å². The molecule has 1 aromatic rings. The summed E-state index contributed by atoms with van der Waals surface area (Å²) in [5, 5.41) is 10.9. The van der Waals surface area contributed by atoms with Crippen molar-refractivity contribution in [3.63, 3.8) is 0 Å². The van der Waals surface area contributed by atoms with Crippen LogP contribution in [0.4, 0.5) is 23.8 Å². The highest BCUT2D eigenvalue weighted by Crippen LogP contribution is 2.29. The van der Waals surface area contributed by atoms with Crippen LogP contribution in [0.2, 0.25) is 0 Å². The van der Waals surface area contributed by atoms with Crippen molar-refractivity contribution in [1.29, 1.82) is 0 Å². The Hall–Kier alpha value is -1.83. The zero-order valence-corrected chi connectivity index (χ0v) is 10.2. The zero-order valence-electron chi connectivity index (χ0n) is 10.2. The lowest BCUT2D eigenvalue weighted by atomic mass is 10.2.